The number of carbonyl (C=O) groups is 2. The minimum atomic E-state index is -0.278. The predicted octanol–water partition coefficient (Wildman–Crippen LogP) is 2.49. The Morgan fingerprint density at radius 2 is 1.79 bits per heavy atom. The van der Waals surface area contributed by atoms with Crippen LogP contribution in [-0.4, -0.2) is 63.5 Å². The molecule has 0 bridgehead atoms. The van der Waals surface area contributed by atoms with Gasteiger partial charge in [0.05, 0.1) is 18.7 Å². The van der Waals surface area contributed by atoms with Crippen LogP contribution in [0.1, 0.15) is 33.1 Å². The molecular weight excluding hydrogens is 426 g/mol. The quantitative estimate of drug-likeness (QED) is 0.619. The molecule has 0 unspecified atom stereocenters. The Morgan fingerprint density at radius 3 is 2.50 bits per heavy atom. The van der Waals surface area contributed by atoms with Crippen LogP contribution in [0.5, 0.6) is 0 Å². The summed E-state index contributed by atoms with van der Waals surface area (Å²) in [6.45, 7) is 0.311. The summed E-state index contributed by atoms with van der Waals surface area (Å²) in [5, 5.41) is 10.00. The molecule has 1 N–H and O–H groups in total. The zero-order chi connectivity index (χ0) is 23.5. The number of amides is 2. The fraction of sp³-hybridized carbons (Fsp3) is 0.250. The van der Waals surface area contributed by atoms with Crippen LogP contribution in [0.15, 0.2) is 79.0 Å². The minimum absolute atomic E-state index is 0.00503. The highest BCUT2D eigenvalue weighted by molar-refractivity contribution is 5.96. The van der Waals surface area contributed by atoms with Gasteiger partial charge in [-0.15, -0.1) is 0 Å². The molecule has 2 aliphatic rings. The normalized spacial score (nSPS) is 21.2. The van der Waals surface area contributed by atoms with Gasteiger partial charge in [0, 0.05) is 30.6 Å². The lowest BCUT2D eigenvalue weighted by Gasteiger charge is -2.58. The number of benzene rings is 2. The maximum atomic E-state index is 12.9. The smallest absolute Gasteiger partial charge is 0.272 e. The minimum Gasteiger partial charge on any atom is -0.394 e. The van der Waals surface area contributed by atoms with Gasteiger partial charge in [0.15, 0.2) is 0 Å². The van der Waals surface area contributed by atoms with Gasteiger partial charge < -0.3 is 14.9 Å². The second-order valence-electron chi connectivity index (χ2n) is 8.63. The lowest BCUT2D eigenvalue weighted by atomic mass is 9.73. The molecule has 5 rings (SSSR count). The first kappa shape index (κ1) is 21.9. The summed E-state index contributed by atoms with van der Waals surface area (Å²) in [5.41, 5.74) is 3.47. The largest absolute Gasteiger partial charge is 0.394 e. The van der Waals surface area contributed by atoms with E-state index in [4.69, 9.17) is 0 Å². The summed E-state index contributed by atoms with van der Waals surface area (Å²) in [5.74, 6) is 5.98. The van der Waals surface area contributed by atoms with Gasteiger partial charge in [-0.25, -0.2) is 0 Å². The first-order chi connectivity index (χ1) is 16.7. The molecule has 2 aromatic carbocycles. The number of aromatic nitrogens is 1. The van der Waals surface area contributed by atoms with Crippen molar-refractivity contribution in [3.8, 4) is 11.8 Å². The van der Waals surface area contributed by atoms with Crippen molar-refractivity contribution in [2.75, 3.05) is 19.7 Å². The van der Waals surface area contributed by atoms with Crippen LogP contribution >= 0.6 is 0 Å². The number of nitrogens with zero attached hydrogens (tertiary/aromatic N) is 3. The van der Waals surface area contributed by atoms with E-state index in [0.29, 0.717) is 18.7 Å². The summed E-state index contributed by atoms with van der Waals surface area (Å²) < 4.78 is 0. The Bertz CT molecular complexity index is 1230. The molecule has 3 heterocycles. The molecule has 0 spiro atoms. The van der Waals surface area contributed by atoms with E-state index in [0.717, 1.165) is 11.1 Å². The Kier molecular flexibility index (Phi) is 6.11. The maximum Gasteiger partial charge on any atom is 0.272 e. The van der Waals surface area contributed by atoms with Crippen molar-refractivity contribution in [1.82, 2.24) is 14.8 Å². The van der Waals surface area contributed by atoms with Crippen molar-refractivity contribution in [2.24, 2.45) is 0 Å². The fourth-order valence-corrected chi connectivity index (χ4v) is 4.94. The summed E-state index contributed by atoms with van der Waals surface area (Å²) in [6, 6.07) is 22.8. The molecule has 0 saturated carbocycles. The topological polar surface area (TPSA) is 73.7 Å². The third-order valence-corrected chi connectivity index (χ3v) is 6.59. The van der Waals surface area contributed by atoms with Gasteiger partial charge in [-0.2, -0.15) is 0 Å². The third-order valence-electron chi connectivity index (χ3n) is 6.59. The van der Waals surface area contributed by atoms with E-state index in [1.807, 2.05) is 42.5 Å². The van der Waals surface area contributed by atoms with E-state index in [1.54, 1.807) is 34.2 Å². The monoisotopic (exact) mass is 451 g/mol. The van der Waals surface area contributed by atoms with Crippen molar-refractivity contribution in [1.29, 1.82) is 0 Å². The Balaban J connectivity index is 1.31. The van der Waals surface area contributed by atoms with Crippen LogP contribution in [0.4, 0.5) is 0 Å². The highest BCUT2D eigenvalue weighted by Gasteiger charge is 2.54. The van der Waals surface area contributed by atoms with Gasteiger partial charge >= 0.3 is 0 Å². The first-order valence-corrected chi connectivity index (χ1v) is 11.4. The molecule has 3 aromatic rings. The molecule has 3 atom stereocenters. The number of aliphatic hydroxyl groups is 1. The molecular formula is C28H25N3O3. The summed E-state index contributed by atoms with van der Waals surface area (Å²) >= 11 is 0. The molecule has 6 nitrogen and oxygen atoms in total. The Hall–Kier alpha value is -3.95. The molecule has 0 radical (unpaired) electrons. The maximum absolute atomic E-state index is 12.9. The van der Waals surface area contributed by atoms with Crippen LogP contribution in [-0.2, 0) is 11.2 Å². The average molecular weight is 452 g/mol. The molecule has 2 fully saturated rings. The molecule has 0 aliphatic carbocycles. The number of hydrogen-bond acceptors (Lipinski definition) is 4. The second-order valence-corrected chi connectivity index (χ2v) is 8.63. The number of carbonyl (C=O) groups excluding carboxylic acids is 2. The molecule has 2 aliphatic heterocycles. The van der Waals surface area contributed by atoms with Crippen molar-refractivity contribution in [3.63, 3.8) is 0 Å². The number of piperazine rings is 1. The first-order valence-electron chi connectivity index (χ1n) is 11.4. The highest BCUT2D eigenvalue weighted by atomic mass is 16.3. The molecule has 170 valence electrons. The Labute approximate surface area is 198 Å². The van der Waals surface area contributed by atoms with Crippen LogP contribution in [0.3, 0.4) is 0 Å². The van der Waals surface area contributed by atoms with E-state index < -0.39 is 0 Å². The number of hydrogen-bond donors (Lipinski definition) is 1. The lowest BCUT2D eigenvalue weighted by molar-refractivity contribution is -0.159. The zero-order valence-electron chi connectivity index (χ0n) is 18.7. The van der Waals surface area contributed by atoms with Crippen molar-refractivity contribution in [2.45, 2.75) is 24.4 Å². The molecule has 34 heavy (non-hydrogen) atoms. The second kappa shape index (κ2) is 9.50. The average Bonchev–Trinajstić information content (AvgIpc) is 2.87. The van der Waals surface area contributed by atoms with Crippen molar-refractivity contribution in [3.05, 3.63) is 101 Å². The number of pyridine rings is 1. The standard InChI is InChI=1S/C28H25N3O3/c32-19-25-27(22-14-12-21(13-15-22)10-6-9-20-7-2-1-3-8-20)24-17-30(18-26(33)31(24)25)28(34)23-11-4-5-16-29-23/h1-5,7-8,11-16,24-25,27,32H,9,17-19H2/t24-,25-,27-/m1/s1. The summed E-state index contributed by atoms with van der Waals surface area (Å²) in [7, 11) is 0. The summed E-state index contributed by atoms with van der Waals surface area (Å²) in [6.07, 6.45) is 2.26. The van der Waals surface area contributed by atoms with E-state index in [9.17, 15) is 14.7 Å². The van der Waals surface area contributed by atoms with Gasteiger partial charge in [-0.3, -0.25) is 14.6 Å². The zero-order valence-corrected chi connectivity index (χ0v) is 18.7. The van der Waals surface area contributed by atoms with Gasteiger partial charge in [0.25, 0.3) is 5.91 Å². The highest BCUT2D eigenvalue weighted by Crippen LogP contribution is 2.43. The van der Waals surface area contributed by atoms with Gasteiger partial charge in [0.2, 0.25) is 5.91 Å². The van der Waals surface area contributed by atoms with Gasteiger partial charge in [-0.1, -0.05) is 60.4 Å². The van der Waals surface area contributed by atoms with Crippen LogP contribution in [0.2, 0.25) is 0 Å². The molecule has 1 aromatic heterocycles. The van der Waals surface area contributed by atoms with Crippen LogP contribution in [0.25, 0.3) is 0 Å². The van der Waals surface area contributed by atoms with E-state index in [1.165, 1.54) is 5.56 Å². The van der Waals surface area contributed by atoms with Crippen molar-refractivity contribution >= 4 is 11.8 Å². The SMILES string of the molecule is O=C(c1ccccn1)N1CC(=O)N2[C@H](CO)[C@H](c3ccc(C#CCc4ccccc4)cc3)[C@H]2C1. The fourth-order valence-electron chi connectivity index (χ4n) is 4.94. The number of fused-ring (bicyclic) bond motifs is 1. The predicted molar refractivity (Wildman–Crippen MR) is 128 cm³/mol. The van der Waals surface area contributed by atoms with Gasteiger partial charge in [-0.05, 0) is 35.4 Å². The van der Waals surface area contributed by atoms with Crippen LogP contribution < -0.4 is 0 Å². The lowest BCUT2D eigenvalue weighted by Crippen LogP contribution is -2.73. The molecule has 2 saturated heterocycles. The van der Waals surface area contributed by atoms with E-state index >= 15 is 0 Å². The number of rotatable bonds is 4. The van der Waals surface area contributed by atoms with Gasteiger partial charge in [0.1, 0.15) is 12.2 Å². The van der Waals surface area contributed by atoms with Crippen molar-refractivity contribution < 1.29 is 14.7 Å². The summed E-state index contributed by atoms with van der Waals surface area (Å²) in [4.78, 5) is 33.1. The number of aliphatic hydroxyl groups excluding tert-OH is 1. The molecule has 6 heteroatoms. The Morgan fingerprint density at radius 1 is 1.03 bits per heavy atom. The van der Waals surface area contributed by atoms with E-state index in [-0.39, 0.29) is 43.0 Å². The molecule has 2 amide bonds. The third kappa shape index (κ3) is 4.18. The van der Waals surface area contributed by atoms with E-state index in [2.05, 4.69) is 29.0 Å². The van der Waals surface area contributed by atoms with Crippen LogP contribution in [0, 0.1) is 11.8 Å².